The molecule has 0 saturated heterocycles. The van der Waals surface area contributed by atoms with Crippen LogP contribution in [0.2, 0.25) is 0 Å². The lowest BCUT2D eigenvalue weighted by Gasteiger charge is -2.24. The number of benzene rings is 2. The molecular weight excluding hydrogens is 478 g/mol. The molecular formula is C31H35N3O2S. The van der Waals surface area contributed by atoms with Crippen molar-refractivity contribution in [3.05, 3.63) is 71.3 Å². The predicted octanol–water partition coefficient (Wildman–Crippen LogP) is 7.13. The average molecular weight is 514 g/mol. The summed E-state index contributed by atoms with van der Waals surface area (Å²) in [6.45, 7) is 6.70. The van der Waals surface area contributed by atoms with Crippen LogP contribution in [0.5, 0.6) is 0 Å². The summed E-state index contributed by atoms with van der Waals surface area (Å²) in [4.78, 5) is 17.3. The van der Waals surface area contributed by atoms with Crippen molar-refractivity contribution in [1.82, 2.24) is 9.88 Å². The number of fused-ring (bicyclic) bond motifs is 1. The van der Waals surface area contributed by atoms with E-state index in [1.807, 2.05) is 19.1 Å². The molecule has 5 rings (SSSR count). The SMILES string of the molecule is C=C(OC)c1ccc2c(C3CCCCC3)c(-c3ccccc3/C=C(\C)C(=O)NC3=NCCS3)n(C)c2c1. The third-order valence-electron chi connectivity index (χ3n) is 7.57. The molecule has 2 heterocycles. The van der Waals surface area contributed by atoms with Gasteiger partial charge in [0.2, 0.25) is 0 Å². The van der Waals surface area contributed by atoms with E-state index in [9.17, 15) is 4.79 Å². The molecule has 0 bridgehead atoms. The number of ether oxygens (including phenoxy) is 1. The predicted molar refractivity (Wildman–Crippen MR) is 157 cm³/mol. The number of nitrogens with one attached hydrogen (secondary N) is 1. The summed E-state index contributed by atoms with van der Waals surface area (Å²) < 4.78 is 7.75. The van der Waals surface area contributed by atoms with E-state index in [1.165, 1.54) is 54.3 Å². The van der Waals surface area contributed by atoms with Crippen LogP contribution >= 0.6 is 11.8 Å². The molecule has 1 aliphatic heterocycles. The van der Waals surface area contributed by atoms with Crippen LogP contribution in [0.1, 0.15) is 61.6 Å². The second-order valence-electron chi connectivity index (χ2n) is 9.92. The zero-order chi connectivity index (χ0) is 25.9. The molecule has 1 amide bonds. The number of methoxy groups -OCH3 is 1. The number of hydrogen-bond acceptors (Lipinski definition) is 4. The van der Waals surface area contributed by atoms with Crippen molar-refractivity contribution in [3.8, 4) is 11.3 Å². The molecule has 1 N–H and O–H groups in total. The van der Waals surface area contributed by atoms with Crippen LogP contribution in [0.15, 0.2) is 59.6 Å². The van der Waals surface area contributed by atoms with Crippen LogP contribution in [0.3, 0.4) is 0 Å². The number of aryl methyl sites for hydroxylation is 1. The first-order chi connectivity index (χ1) is 18.0. The smallest absolute Gasteiger partial charge is 0.252 e. The highest BCUT2D eigenvalue weighted by Gasteiger charge is 2.26. The third-order valence-corrected chi connectivity index (χ3v) is 8.46. The van der Waals surface area contributed by atoms with Gasteiger partial charge in [-0.3, -0.25) is 9.79 Å². The molecule has 37 heavy (non-hydrogen) atoms. The van der Waals surface area contributed by atoms with Crippen molar-refractivity contribution in [3.63, 3.8) is 0 Å². The van der Waals surface area contributed by atoms with E-state index >= 15 is 0 Å². The monoisotopic (exact) mass is 513 g/mol. The Morgan fingerprint density at radius 1 is 1.19 bits per heavy atom. The van der Waals surface area contributed by atoms with Crippen molar-refractivity contribution in [2.75, 3.05) is 19.4 Å². The summed E-state index contributed by atoms with van der Waals surface area (Å²) in [6.07, 6.45) is 8.26. The summed E-state index contributed by atoms with van der Waals surface area (Å²) in [5.41, 5.74) is 7.68. The van der Waals surface area contributed by atoms with Crippen molar-refractivity contribution < 1.29 is 9.53 Å². The van der Waals surface area contributed by atoms with Crippen LogP contribution in [-0.2, 0) is 16.6 Å². The lowest BCUT2D eigenvalue weighted by atomic mass is 9.81. The van der Waals surface area contributed by atoms with E-state index in [0.29, 0.717) is 22.4 Å². The minimum absolute atomic E-state index is 0.102. The van der Waals surface area contributed by atoms with E-state index < -0.39 is 0 Å². The van der Waals surface area contributed by atoms with E-state index in [4.69, 9.17) is 4.74 Å². The first kappa shape index (κ1) is 25.4. The van der Waals surface area contributed by atoms with Crippen LogP contribution in [-0.4, -0.2) is 35.0 Å². The average Bonchev–Trinajstić information content (AvgIpc) is 3.54. The number of amides is 1. The van der Waals surface area contributed by atoms with Crippen LogP contribution < -0.4 is 5.32 Å². The molecule has 1 aromatic heterocycles. The molecule has 0 radical (unpaired) electrons. The Balaban J connectivity index is 1.64. The van der Waals surface area contributed by atoms with E-state index in [2.05, 4.69) is 64.9 Å². The maximum atomic E-state index is 12.9. The highest BCUT2D eigenvalue weighted by molar-refractivity contribution is 8.14. The standard InChI is InChI=1S/C31H35N3O2S/c1-20(30(35)33-31-32-16-17-37-31)18-24-12-8-9-13-25(24)29-28(22-10-6-5-7-11-22)26-15-14-23(21(2)36-4)19-27(26)34(29)3/h8-9,12-15,18-19,22H,2,5-7,10-11,16-17H2,1,3-4H3,(H,32,33,35)/b20-18+. The van der Waals surface area contributed by atoms with E-state index in [1.54, 1.807) is 18.9 Å². The van der Waals surface area contributed by atoms with Crippen molar-refractivity contribution in [1.29, 1.82) is 0 Å². The van der Waals surface area contributed by atoms with Gasteiger partial charge in [-0.15, -0.1) is 0 Å². The second kappa shape index (κ2) is 11.0. The van der Waals surface area contributed by atoms with Gasteiger partial charge in [-0.2, -0.15) is 0 Å². The maximum Gasteiger partial charge on any atom is 0.252 e. The van der Waals surface area contributed by atoms with Gasteiger partial charge in [-0.1, -0.05) is 74.0 Å². The number of aromatic nitrogens is 1. The normalized spacial score (nSPS) is 16.6. The molecule has 1 saturated carbocycles. The molecule has 1 aliphatic carbocycles. The van der Waals surface area contributed by atoms with Gasteiger partial charge in [0.15, 0.2) is 5.17 Å². The fourth-order valence-corrected chi connectivity index (χ4v) is 6.35. The number of thioether (sulfide) groups is 1. The van der Waals surface area contributed by atoms with Crippen LogP contribution in [0.25, 0.3) is 34.0 Å². The van der Waals surface area contributed by atoms with Gasteiger partial charge in [0.05, 0.1) is 19.3 Å². The molecule has 2 aromatic carbocycles. The molecule has 5 nitrogen and oxygen atoms in total. The first-order valence-electron chi connectivity index (χ1n) is 13.1. The molecule has 1 fully saturated rings. The first-order valence-corrected chi connectivity index (χ1v) is 14.1. The Kier molecular flexibility index (Phi) is 7.56. The summed E-state index contributed by atoms with van der Waals surface area (Å²) in [5.74, 6) is 2.00. The van der Waals surface area contributed by atoms with Gasteiger partial charge < -0.3 is 14.6 Å². The fraction of sp³-hybridized carbons (Fsp3) is 0.355. The molecule has 6 heteroatoms. The topological polar surface area (TPSA) is 55.6 Å². The largest absolute Gasteiger partial charge is 0.497 e. The number of hydrogen-bond donors (Lipinski definition) is 1. The Hall–Kier alpha value is -3.25. The highest BCUT2D eigenvalue weighted by atomic mass is 32.2. The minimum Gasteiger partial charge on any atom is -0.497 e. The number of carbonyl (C=O) groups excluding carboxylic acids is 1. The Morgan fingerprint density at radius 3 is 2.70 bits per heavy atom. The molecule has 3 aromatic rings. The quantitative estimate of drug-likeness (QED) is 0.282. The number of nitrogens with zero attached hydrogens (tertiary/aromatic N) is 2. The van der Waals surface area contributed by atoms with E-state index in [0.717, 1.165) is 29.0 Å². The fourth-order valence-electron chi connectivity index (χ4n) is 5.63. The Bertz CT molecular complexity index is 1410. The van der Waals surface area contributed by atoms with Gasteiger partial charge in [0, 0.05) is 40.4 Å². The summed E-state index contributed by atoms with van der Waals surface area (Å²) >= 11 is 1.59. The lowest BCUT2D eigenvalue weighted by molar-refractivity contribution is -0.116. The third kappa shape index (κ3) is 5.12. The van der Waals surface area contributed by atoms with Crippen molar-refractivity contribution in [2.45, 2.75) is 44.9 Å². The highest BCUT2D eigenvalue weighted by Crippen LogP contribution is 2.45. The molecule has 192 valence electrons. The maximum absolute atomic E-state index is 12.9. The molecule has 0 spiro atoms. The summed E-state index contributed by atoms with van der Waals surface area (Å²) in [5, 5.41) is 4.97. The van der Waals surface area contributed by atoms with Gasteiger partial charge in [-0.05, 0) is 49.0 Å². The van der Waals surface area contributed by atoms with E-state index in [-0.39, 0.29) is 5.91 Å². The van der Waals surface area contributed by atoms with Crippen LogP contribution in [0.4, 0.5) is 0 Å². The van der Waals surface area contributed by atoms with Gasteiger partial charge in [-0.25, -0.2) is 0 Å². The minimum atomic E-state index is -0.102. The second-order valence-corrected chi connectivity index (χ2v) is 11.0. The zero-order valence-corrected chi connectivity index (χ0v) is 22.8. The van der Waals surface area contributed by atoms with Crippen molar-refractivity contribution >= 4 is 45.6 Å². The molecule has 2 aliphatic rings. The Morgan fingerprint density at radius 2 is 1.97 bits per heavy atom. The molecule has 0 atom stereocenters. The van der Waals surface area contributed by atoms with Crippen LogP contribution in [0, 0.1) is 0 Å². The van der Waals surface area contributed by atoms with Gasteiger partial charge in [0.1, 0.15) is 5.76 Å². The number of amidine groups is 1. The molecule has 0 unspecified atom stereocenters. The number of rotatable bonds is 6. The van der Waals surface area contributed by atoms with Gasteiger partial charge >= 0.3 is 0 Å². The van der Waals surface area contributed by atoms with Gasteiger partial charge in [0.25, 0.3) is 5.91 Å². The van der Waals surface area contributed by atoms with Crippen molar-refractivity contribution in [2.24, 2.45) is 12.0 Å². The number of carbonyl (C=O) groups is 1. The number of aliphatic imine (C=N–C) groups is 1. The zero-order valence-electron chi connectivity index (χ0n) is 22.0. The lowest BCUT2D eigenvalue weighted by Crippen LogP contribution is -2.27. The Labute approximate surface area is 223 Å². The summed E-state index contributed by atoms with van der Waals surface area (Å²) in [6, 6.07) is 15.0. The summed E-state index contributed by atoms with van der Waals surface area (Å²) in [7, 11) is 3.81.